The van der Waals surface area contributed by atoms with Crippen LogP contribution in [0.5, 0.6) is 5.75 Å². The lowest BCUT2D eigenvalue weighted by molar-refractivity contribution is -0.274. The topological polar surface area (TPSA) is 42.3 Å². The van der Waals surface area contributed by atoms with Gasteiger partial charge in [0.1, 0.15) is 5.75 Å². The fourth-order valence-electron chi connectivity index (χ4n) is 2.58. The summed E-state index contributed by atoms with van der Waals surface area (Å²) in [7, 11) is 0. The number of benzene rings is 1. The van der Waals surface area contributed by atoms with Gasteiger partial charge in [-0.05, 0) is 19.1 Å². The molecule has 2 aromatic rings. The molecule has 124 valence electrons. The Kier molecular flexibility index (Phi) is 4.16. The molecule has 5 nitrogen and oxygen atoms in total. The van der Waals surface area contributed by atoms with Crippen LogP contribution >= 0.6 is 0 Å². The van der Waals surface area contributed by atoms with Gasteiger partial charge in [-0.3, -0.25) is 0 Å². The average molecular weight is 326 g/mol. The predicted molar refractivity (Wildman–Crippen MR) is 80.1 cm³/mol. The number of nitrogens with one attached hydrogen (secondary N) is 1. The van der Waals surface area contributed by atoms with Gasteiger partial charge in [0.15, 0.2) is 5.82 Å². The van der Waals surface area contributed by atoms with Gasteiger partial charge in [0.25, 0.3) is 0 Å². The van der Waals surface area contributed by atoms with Crippen LogP contribution in [0.25, 0.3) is 5.69 Å². The Bertz CT molecular complexity index is 678. The minimum Gasteiger partial charge on any atom is -0.406 e. The highest BCUT2D eigenvalue weighted by Gasteiger charge is 2.31. The van der Waals surface area contributed by atoms with Crippen LogP contribution in [-0.4, -0.2) is 42.3 Å². The molecular formula is C15H17F3N4O. The molecule has 1 fully saturated rings. The van der Waals surface area contributed by atoms with E-state index in [1.807, 2.05) is 13.0 Å². The monoisotopic (exact) mass is 326 g/mol. The van der Waals surface area contributed by atoms with Crippen LogP contribution in [0.15, 0.2) is 30.3 Å². The number of halogens is 3. The van der Waals surface area contributed by atoms with E-state index in [4.69, 9.17) is 0 Å². The largest absolute Gasteiger partial charge is 0.573 e. The lowest BCUT2D eigenvalue weighted by atomic mass is 10.3. The maximum absolute atomic E-state index is 12.3. The fraction of sp³-hybridized carbons (Fsp3) is 0.400. The highest BCUT2D eigenvalue weighted by molar-refractivity contribution is 5.46. The Morgan fingerprint density at radius 2 is 1.91 bits per heavy atom. The molecule has 0 bridgehead atoms. The summed E-state index contributed by atoms with van der Waals surface area (Å²) < 4.78 is 42.6. The van der Waals surface area contributed by atoms with Gasteiger partial charge < -0.3 is 15.0 Å². The first kappa shape index (κ1) is 15.7. The molecule has 1 aliphatic heterocycles. The molecule has 0 amide bonds. The minimum atomic E-state index is -4.70. The SMILES string of the molecule is Cc1cc(N2CCNCC2)nn1-c1cccc(OC(F)(F)F)c1. The van der Waals surface area contributed by atoms with Crippen molar-refractivity contribution < 1.29 is 17.9 Å². The molecule has 0 aliphatic carbocycles. The van der Waals surface area contributed by atoms with Crippen molar-refractivity contribution in [2.24, 2.45) is 0 Å². The number of aromatic nitrogens is 2. The number of hydrogen-bond donors (Lipinski definition) is 1. The molecule has 0 atom stereocenters. The van der Waals surface area contributed by atoms with Crippen LogP contribution in [0.4, 0.5) is 19.0 Å². The van der Waals surface area contributed by atoms with Gasteiger partial charge in [-0.25, -0.2) is 4.68 Å². The van der Waals surface area contributed by atoms with Gasteiger partial charge >= 0.3 is 6.36 Å². The third-order valence-electron chi connectivity index (χ3n) is 3.61. The summed E-state index contributed by atoms with van der Waals surface area (Å²) in [6, 6.07) is 7.75. The van der Waals surface area contributed by atoms with Crippen molar-refractivity contribution >= 4 is 5.82 Å². The van der Waals surface area contributed by atoms with Crippen LogP contribution in [0.3, 0.4) is 0 Å². The van der Waals surface area contributed by atoms with E-state index in [0.29, 0.717) is 5.69 Å². The summed E-state index contributed by atoms with van der Waals surface area (Å²) in [6.45, 7) is 5.36. The van der Waals surface area contributed by atoms with Gasteiger partial charge in [0, 0.05) is 44.0 Å². The Morgan fingerprint density at radius 1 is 1.17 bits per heavy atom. The summed E-state index contributed by atoms with van der Waals surface area (Å²) in [5, 5.41) is 7.79. The molecule has 23 heavy (non-hydrogen) atoms. The number of hydrogen-bond acceptors (Lipinski definition) is 4. The molecular weight excluding hydrogens is 309 g/mol. The zero-order valence-corrected chi connectivity index (χ0v) is 12.6. The highest BCUT2D eigenvalue weighted by atomic mass is 19.4. The first-order valence-electron chi connectivity index (χ1n) is 7.31. The van der Waals surface area contributed by atoms with E-state index in [-0.39, 0.29) is 5.75 Å². The molecule has 1 N–H and O–H groups in total. The smallest absolute Gasteiger partial charge is 0.406 e. The molecule has 3 rings (SSSR count). The fourth-order valence-corrected chi connectivity index (χ4v) is 2.58. The van der Waals surface area contributed by atoms with E-state index in [1.54, 1.807) is 10.7 Å². The Morgan fingerprint density at radius 3 is 2.61 bits per heavy atom. The summed E-state index contributed by atoms with van der Waals surface area (Å²) in [5.41, 5.74) is 1.38. The van der Waals surface area contributed by atoms with Gasteiger partial charge in [0.2, 0.25) is 0 Å². The summed E-state index contributed by atoms with van der Waals surface area (Å²) in [5.74, 6) is 0.569. The average Bonchev–Trinajstić information content (AvgIpc) is 2.89. The van der Waals surface area contributed by atoms with Gasteiger partial charge in [0.05, 0.1) is 5.69 Å². The Labute approximate surface area is 131 Å². The molecule has 1 saturated heterocycles. The third-order valence-corrected chi connectivity index (χ3v) is 3.61. The van der Waals surface area contributed by atoms with Gasteiger partial charge in [-0.1, -0.05) is 6.07 Å². The Hall–Kier alpha value is -2.22. The number of nitrogens with zero attached hydrogens (tertiary/aromatic N) is 3. The predicted octanol–water partition coefficient (Wildman–Crippen LogP) is 2.49. The summed E-state index contributed by atoms with van der Waals surface area (Å²) in [6.07, 6.45) is -4.70. The summed E-state index contributed by atoms with van der Waals surface area (Å²) in [4.78, 5) is 2.15. The number of aryl methyl sites for hydroxylation is 1. The molecule has 1 aromatic heterocycles. The van der Waals surface area contributed by atoms with Crippen molar-refractivity contribution in [1.82, 2.24) is 15.1 Å². The first-order valence-corrected chi connectivity index (χ1v) is 7.31. The first-order chi connectivity index (χ1) is 10.9. The lowest BCUT2D eigenvalue weighted by Crippen LogP contribution is -2.43. The van der Waals surface area contributed by atoms with Crippen molar-refractivity contribution in [2.45, 2.75) is 13.3 Å². The van der Waals surface area contributed by atoms with E-state index in [0.717, 1.165) is 37.7 Å². The quantitative estimate of drug-likeness (QED) is 0.941. The second kappa shape index (κ2) is 6.11. The standard InChI is InChI=1S/C15H17F3N4O/c1-11-9-14(21-7-5-19-6-8-21)20-22(11)12-3-2-4-13(10-12)23-15(16,17)18/h2-4,9-10,19H,5-8H2,1H3. The maximum Gasteiger partial charge on any atom is 0.573 e. The van der Waals surface area contributed by atoms with E-state index < -0.39 is 6.36 Å². The van der Waals surface area contributed by atoms with E-state index in [2.05, 4.69) is 20.1 Å². The number of ether oxygens (including phenoxy) is 1. The molecule has 2 heterocycles. The van der Waals surface area contributed by atoms with Crippen molar-refractivity contribution in [1.29, 1.82) is 0 Å². The van der Waals surface area contributed by atoms with Gasteiger partial charge in [-0.2, -0.15) is 5.10 Å². The van der Waals surface area contributed by atoms with Crippen molar-refractivity contribution in [3.8, 4) is 11.4 Å². The van der Waals surface area contributed by atoms with E-state index in [9.17, 15) is 13.2 Å². The van der Waals surface area contributed by atoms with E-state index >= 15 is 0 Å². The summed E-state index contributed by atoms with van der Waals surface area (Å²) >= 11 is 0. The maximum atomic E-state index is 12.3. The van der Waals surface area contributed by atoms with Crippen molar-refractivity contribution in [3.05, 3.63) is 36.0 Å². The highest BCUT2D eigenvalue weighted by Crippen LogP contribution is 2.26. The molecule has 1 aliphatic rings. The van der Waals surface area contributed by atoms with Gasteiger partial charge in [-0.15, -0.1) is 13.2 Å². The van der Waals surface area contributed by atoms with Crippen LogP contribution in [0, 0.1) is 6.92 Å². The lowest BCUT2D eigenvalue weighted by Gasteiger charge is -2.27. The number of piperazine rings is 1. The zero-order chi connectivity index (χ0) is 16.4. The third kappa shape index (κ3) is 3.76. The van der Waals surface area contributed by atoms with Crippen molar-refractivity contribution in [3.63, 3.8) is 0 Å². The van der Waals surface area contributed by atoms with Crippen molar-refractivity contribution in [2.75, 3.05) is 31.1 Å². The molecule has 0 unspecified atom stereocenters. The molecule has 0 radical (unpaired) electrons. The normalized spacial score (nSPS) is 15.7. The van der Waals surface area contributed by atoms with Crippen LogP contribution in [0.2, 0.25) is 0 Å². The molecule has 0 saturated carbocycles. The number of rotatable bonds is 3. The molecule has 1 aromatic carbocycles. The second-order valence-corrected chi connectivity index (χ2v) is 5.34. The minimum absolute atomic E-state index is 0.256. The Balaban J connectivity index is 1.86. The van der Waals surface area contributed by atoms with Crippen LogP contribution < -0.4 is 15.0 Å². The molecule has 8 heteroatoms. The van der Waals surface area contributed by atoms with E-state index in [1.165, 1.54) is 18.2 Å². The van der Waals surface area contributed by atoms with Crippen LogP contribution in [-0.2, 0) is 0 Å². The second-order valence-electron chi connectivity index (χ2n) is 5.34. The number of anilines is 1. The zero-order valence-electron chi connectivity index (χ0n) is 12.6. The van der Waals surface area contributed by atoms with Crippen LogP contribution in [0.1, 0.15) is 5.69 Å². The molecule has 0 spiro atoms. The number of alkyl halides is 3.